The van der Waals surface area contributed by atoms with Crippen LogP contribution in [-0.4, -0.2) is 28.9 Å². The van der Waals surface area contributed by atoms with Crippen LogP contribution in [0.5, 0.6) is 0 Å². The van der Waals surface area contributed by atoms with Crippen molar-refractivity contribution in [2.45, 2.75) is 51.9 Å². The normalized spacial score (nSPS) is 20.8. The summed E-state index contributed by atoms with van der Waals surface area (Å²) in [6, 6.07) is 3.34. The summed E-state index contributed by atoms with van der Waals surface area (Å²) in [6.07, 6.45) is 5.17. The van der Waals surface area contributed by atoms with E-state index in [1.54, 1.807) is 23.5 Å². The lowest BCUT2D eigenvalue weighted by molar-refractivity contribution is 0.0711. The van der Waals surface area contributed by atoms with Crippen LogP contribution < -0.4 is 5.43 Å². The molecular weight excluding hydrogens is 344 g/mol. The van der Waals surface area contributed by atoms with E-state index >= 15 is 0 Å². The molecule has 0 bridgehead atoms. The van der Waals surface area contributed by atoms with Crippen molar-refractivity contribution >= 4 is 17.2 Å². The summed E-state index contributed by atoms with van der Waals surface area (Å²) < 4.78 is 0. The number of hydrogen-bond acceptors (Lipinski definition) is 3. The molecule has 0 aromatic carbocycles. The van der Waals surface area contributed by atoms with Crippen molar-refractivity contribution in [2.24, 2.45) is 5.92 Å². The minimum Gasteiger partial charge on any atom is -0.362 e. The predicted molar refractivity (Wildman–Crippen MR) is 105 cm³/mol. The number of amides is 1. The Morgan fingerprint density at radius 2 is 2.00 bits per heavy atom. The summed E-state index contributed by atoms with van der Waals surface area (Å²) >= 11 is 1.76. The third-order valence-electron chi connectivity index (χ3n) is 5.85. The Labute approximate surface area is 158 Å². The summed E-state index contributed by atoms with van der Waals surface area (Å²) in [4.78, 5) is 31.6. The summed E-state index contributed by atoms with van der Waals surface area (Å²) in [5, 5.41) is 2.08. The third kappa shape index (κ3) is 3.37. The number of pyridine rings is 1. The zero-order chi connectivity index (χ0) is 18.3. The first-order valence-corrected chi connectivity index (χ1v) is 10.5. The van der Waals surface area contributed by atoms with Gasteiger partial charge in [-0.15, -0.1) is 11.3 Å². The molecule has 2 aliphatic rings. The monoisotopic (exact) mass is 370 g/mol. The van der Waals surface area contributed by atoms with Gasteiger partial charge in [0.05, 0.1) is 5.56 Å². The molecule has 0 unspecified atom stereocenters. The Balaban J connectivity index is 1.45. The number of nitrogens with one attached hydrogen (secondary N) is 1. The number of likely N-dealkylation sites (tertiary alicyclic amines) is 1. The number of fused-ring (bicyclic) bond motifs is 1. The Morgan fingerprint density at radius 1 is 1.23 bits per heavy atom. The standard InChI is InChI=1S/C21H26N2O2S/c1-13-3-4-17-18(12-26-20(17)9-13)21(25)23-7-5-15(6-8-23)19-11-16(24)10-14(2)22-19/h10-13,15H,3-9H2,1-2H3,(H,22,24)/t13-/m1/s1. The first-order chi connectivity index (χ1) is 12.5. The minimum absolute atomic E-state index is 0.0638. The molecule has 1 aliphatic heterocycles. The summed E-state index contributed by atoms with van der Waals surface area (Å²) in [5.74, 6) is 1.27. The number of aryl methyl sites for hydroxylation is 1. The number of aromatic nitrogens is 1. The summed E-state index contributed by atoms with van der Waals surface area (Å²) in [6.45, 7) is 5.75. The van der Waals surface area contributed by atoms with E-state index in [0.29, 0.717) is 5.92 Å². The van der Waals surface area contributed by atoms with Crippen LogP contribution in [0, 0.1) is 12.8 Å². The Hall–Kier alpha value is -1.88. The lowest BCUT2D eigenvalue weighted by Gasteiger charge is -2.32. The highest BCUT2D eigenvalue weighted by atomic mass is 32.1. The second-order valence-electron chi connectivity index (χ2n) is 7.92. The van der Waals surface area contributed by atoms with E-state index in [0.717, 1.165) is 61.6 Å². The molecule has 3 heterocycles. The zero-order valence-corrected chi connectivity index (χ0v) is 16.3. The van der Waals surface area contributed by atoms with Crippen molar-refractivity contribution in [2.75, 3.05) is 13.1 Å². The number of nitrogens with zero attached hydrogens (tertiary/aromatic N) is 1. The number of thiophene rings is 1. The van der Waals surface area contributed by atoms with Gasteiger partial charge in [-0.2, -0.15) is 0 Å². The van der Waals surface area contributed by atoms with Crippen LogP contribution in [0.1, 0.15) is 64.3 Å². The fraction of sp³-hybridized carbons (Fsp3) is 0.524. The lowest BCUT2D eigenvalue weighted by Crippen LogP contribution is -2.38. The molecule has 1 aliphatic carbocycles. The maximum absolute atomic E-state index is 13.0. The van der Waals surface area contributed by atoms with Gasteiger partial charge in [-0.1, -0.05) is 6.92 Å². The van der Waals surface area contributed by atoms with Crippen molar-refractivity contribution in [3.63, 3.8) is 0 Å². The number of carbonyl (C=O) groups excluding carboxylic acids is 1. The van der Waals surface area contributed by atoms with Gasteiger partial charge < -0.3 is 9.88 Å². The van der Waals surface area contributed by atoms with E-state index < -0.39 is 0 Å². The molecule has 1 N–H and O–H groups in total. The van der Waals surface area contributed by atoms with Gasteiger partial charge in [-0.05, 0) is 50.5 Å². The lowest BCUT2D eigenvalue weighted by atomic mass is 9.88. The van der Waals surface area contributed by atoms with Crippen LogP contribution in [0.15, 0.2) is 22.3 Å². The third-order valence-corrected chi connectivity index (χ3v) is 6.90. The molecule has 1 fully saturated rings. The van der Waals surface area contributed by atoms with E-state index in [-0.39, 0.29) is 11.3 Å². The van der Waals surface area contributed by atoms with Crippen LogP contribution in [-0.2, 0) is 12.8 Å². The molecule has 1 saturated heterocycles. The molecule has 26 heavy (non-hydrogen) atoms. The summed E-state index contributed by atoms with van der Waals surface area (Å²) in [7, 11) is 0. The predicted octanol–water partition coefficient (Wildman–Crippen LogP) is 3.89. The first-order valence-electron chi connectivity index (χ1n) is 9.60. The largest absolute Gasteiger partial charge is 0.362 e. The van der Waals surface area contributed by atoms with Gasteiger partial charge in [0, 0.05) is 52.8 Å². The molecule has 5 heteroatoms. The molecule has 0 spiro atoms. The quantitative estimate of drug-likeness (QED) is 0.872. The van der Waals surface area contributed by atoms with Crippen molar-refractivity contribution in [3.05, 3.63) is 55.1 Å². The smallest absolute Gasteiger partial charge is 0.254 e. The Kier molecular flexibility index (Phi) is 4.74. The Bertz CT molecular complexity index is 874. The van der Waals surface area contributed by atoms with Gasteiger partial charge in [0.15, 0.2) is 5.43 Å². The first kappa shape index (κ1) is 17.5. The van der Waals surface area contributed by atoms with Gasteiger partial charge in [-0.25, -0.2) is 0 Å². The van der Waals surface area contributed by atoms with Gasteiger partial charge in [0.25, 0.3) is 5.91 Å². The van der Waals surface area contributed by atoms with Crippen LogP contribution in [0.25, 0.3) is 0 Å². The zero-order valence-electron chi connectivity index (χ0n) is 15.5. The number of hydrogen-bond donors (Lipinski definition) is 1. The number of H-pyrrole nitrogens is 1. The van der Waals surface area contributed by atoms with E-state index in [2.05, 4.69) is 17.3 Å². The van der Waals surface area contributed by atoms with Crippen molar-refractivity contribution < 1.29 is 4.79 Å². The second-order valence-corrected chi connectivity index (χ2v) is 8.88. The van der Waals surface area contributed by atoms with E-state index in [1.807, 2.05) is 11.8 Å². The SMILES string of the molecule is Cc1cc(=O)cc(C2CCN(C(=O)c3csc4c3CC[C@@H](C)C4)CC2)[nH]1. The molecule has 0 saturated carbocycles. The van der Waals surface area contributed by atoms with Gasteiger partial charge in [0.1, 0.15) is 0 Å². The van der Waals surface area contributed by atoms with E-state index in [1.165, 1.54) is 16.9 Å². The molecule has 2 aromatic rings. The minimum atomic E-state index is 0.0638. The van der Waals surface area contributed by atoms with E-state index in [9.17, 15) is 9.59 Å². The Morgan fingerprint density at radius 3 is 2.73 bits per heavy atom. The topological polar surface area (TPSA) is 53.2 Å². The van der Waals surface area contributed by atoms with Crippen LogP contribution in [0.4, 0.5) is 0 Å². The molecule has 1 amide bonds. The number of rotatable bonds is 2. The second kappa shape index (κ2) is 7.03. The highest BCUT2D eigenvalue weighted by molar-refractivity contribution is 7.10. The number of carbonyl (C=O) groups is 1. The van der Waals surface area contributed by atoms with Gasteiger partial charge >= 0.3 is 0 Å². The van der Waals surface area contributed by atoms with Crippen molar-refractivity contribution in [1.82, 2.24) is 9.88 Å². The fourth-order valence-corrected chi connectivity index (χ4v) is 5.59. The number of piperidine rings is 1. The summed E-state index contributed by atoms with van der Waals surface area (Å²) in [5.41, 5.74) is 4.24. The average molecular weight is 371 g/mol. The molecule has 2 aromatic heterocycles. The molecule has 1 atom stereocenters. The van der Waals surface area contributed by atoms with Gasteiger partial charge in [-0.3, -0.25) is 9.59 Å². The van der Waals surface area contributed by atoms with Crippen LogP contribution >= 0.6 is 11.3 Å². The van der Waals surface area contributed by atoms with E-state index in [4.69, 9.17) is 0 Å². The maximum atomic E-state index is 13.0. The maximum Gasteiger partial charge on any atom is 0.254 e. The molecule has 138 valence electrons. The highest BCUT2D eigenvalue weighted by Crippen LogP contribution is 2.34. The molecule has 4 rings (SSSR count). The fourth-order valence-electron chi connectivity index (χ4n) is 4.35. The van der Waals surface area contributed by atoms with Crippen molar-refractivity contribution in [3.8, 4) is 0 Å². The van der Waals surface area contributed by atoms with Gasteiger partial charge in [0.2, 0.25) is 0 Å². The average Bonchev–Trinajstić information content (AvgIpc) is 3.03. The molecular formula is C21H26N2O2S. The van der Waals surface area contributed by atoms with Crippen LogP contribution in [0.3, 0.4) is 0 Å². The number of aromatic amines is 1. The van der Waals surface area contributed by atoms with Crippen LogP contribution in [0.2, 0.25) is 0 Å². The van der Waals surface area contributed by atoms with Crippen molar-refractivity contribution in [1.29, 1.82) is 0 Å². The molecule has 4 nitrogen and oxygen atoms in total. The molecule has 0 radical (unpaired) electrons. The highest BCUT2D eigenvalue weighted by Gasteiger charge is 2.29.